The highest BCUT2D eigenvalue weighted by Gasteiger charge is 2.14. The van der Waals surface area contributed by atoms with Gasteiger partial charge in [-0.1, -0.05) is 6.07 Å². The molecule has 0 aliphatic rings. The fourth-order valence-corrected chi connectivity index (χ4v) is 1.01. The third-order valence-corrected chi connectivity index (χ3v) is 1.55. The van der Waals surface area contributed by atoms with Gasteiger partial charge in [0.2, 0.25) is 5.91 Å². The number of aromatic carboxylic acids is 1. The van der Waals surface area contributed by atoms with Crippen LogP contribution in [0.2, 0.25) is 0 Å². The molecule has 0 aliphatic carbocycles. The lowest BCUT2D eigenvalue weighted by Crippen LogP contribution is -2.12. The van der Waals surface area contributed by atoms with Gasteiger partial charge in [0.15, 0.2) is 0 Å². The van der Waals surface area contributed by atoms with E-state index < -0.39 is 17.7 Å². The van der Waals surface area contributed by atoms with Crippen LogP contribution in [-0.2, 0) is 4.79 Å². The highest BCUT2D eigenvalue weighted by Crippen LogP contribution is 2.19. The summed E-state index contributed by atoms with van der Waals surface area (Å²) in [5.74, 6) is -2.56. The Morgan fingerprint density at radius 1 is 1.43 bits per heavy atom. The van der Waals surface area contributed by atoms with E-state index in [1.807, 2.05) is 0 Å². The highest BCUT2D eigenvalue weighted by molar-refractivity contribution is 5.99. The van der Waals surface area contributed by atoms with Crippen molar-refractivity contribution in [1.82, 2.24) is 0 Å². The van der Waals surface area contributed by atoms with E-state index in [0.29, 0.717) is 0 Å². The van der Waals surface area contributed by atoms with Crippen LogP contribution in [0.4, 0.5) is 10.1 Å². The molecular formula is C9H8FNO3. The third kappa shape index (κ3) is 2.07. The van der Waals surface area contributed by atoms with E-state index in [1.54, 1.807) is 0 Å². The van der Waals surface area contributed by atoms with E-state index >= 15 is 0 Å². The van der Waals surface area contributed by atoms with Crippen LogP contribution < -0.4 is 5.32 Å². The Balaban J connectivity index is 3.22. The second-order valence-electron chi connectivity index (χ2n) is 2.65. The molecule has 0 aromatic heterocycles. The molecule has 0 fully saturated rings. The highest BCUT2D eigenvalue weighted by atomic mass is 19.1. The molecular weight excluding hydrogens is 189 g/mol. The molecule has 1 aromatic rings. The van der Waals surface area contributed by atoms with Crippen molar-refractivity contribution in [2.45, 2.75) is 6.92 Å². The molecule has 14 heavy (non-hydrogen) atoms. The summed E-state index contributed by atoms with van der Waals surface area (Å²) in [4.78, 5) is 21.3. The molecule has 1 aromatic carbocycles. The number of carboxylic acid groups (broad SMARTS) is 1. The van der Waals surface area contributed by atoms with E-state index in [2.05, 4.69) is 5.32 Å². The number of carboxylic acids is 1. The first-order chi connectivity index (χ1) is 6.52. The maximum absolute atomic E-state index is 13.1. The predicted molar refractivity (Wildman–Crippen MR) is 47.7 cm³/mol. The van der Waals surface area contributed by atoms with Gasteiger partial charge in [-0.2, -0.15) is 0 Å². The first-order valence-electron chi connectivity index (χ1n) is 3.81. The Labute approximate surface area is 79.4 Å². The van der Waals surface area contributed by atoms with E-state index in [4.69, 9.17) is 5.11 Å². The average molecular weight is 197 g/mol. The van der Waals surface area contributed by atoms with Crippen LogP contribution in [0.3, 0.4) is 0 Å². The SMILES string of the molecule is CC(=O)Nc1c(F)cccc1C(=O)O. The van der Waals surface area contributed by atoms with Gasteiger partial charge in [-0.15, -0.1) is 0 Å². The van der Waals surface area contributed by atoms with Gasteiger partial charge in [-0.05, 0) is 12.1 Å². The summed E-state index contributed by atoms with van der Waals surface area (Å²) in [6.07, 6.45) is 0. The van der Waals surface area contributed by atoms with Crippen molar-refractivity contribution in [2.75, 3.05) is 5.32 Å². The molecule has 1 rings (SSSR count). The number of carbonyl (C=O) groups is 2. The van der Waals surface area contributed by atoms with Crippen LogP contribution in [0.15, 0.2) is 18.2 Å². The smallest absolute Gasteiger partial charge is 0.337 e. The van der Waals surface area contributed by atoms with Crippen molar-refractivity contribution in [1.29, 1.82) is 0 Å². The zero-order valence-electron chi connectivity index (χ0n) is 7.37. The second kappa shape index (κ2) is 3.87. The number of anilines is 1. The van der Waals surface area contributed by atoms with Gasteiger partial charge in [0, 0.05) is 6.92 Å². The van der Waals surface area contributed by atoms with Crippen molar-refractivity contribution >= 4 is 17.6 Å². The lowest BCUT2D eigenvalue weighted by atomic mass is 10.1. The molecule has 5 heteroatoms. The summed E-state index contributed by atoms with van der Waals surface area (Å²) >= 11 is 0. The Morgan fingerprint density at radius 2 is 2.07 bits per heavy atom. The molecule has 74 valence electrons. The van der Waals surface area contributed by atoms with Gasteiger partial charge >= 0.3 is 5.97 Å². The maximum Gasteiger partial charge on any atom is 0.337 e. The van der Waals surface area contributed by atoms with Crippen LogP contribution in [0, 0.1) is 5.82 Å². The summed E-state index contributed by atoms with van der Waals surface area (Å²) in [6.45, 7) is 1.18. The molecule has 1 amide bonds. The van der Waals surface area contributed by atoms with Gasteiger partial charge < -0.3 is 10.4 Å². The molecule has 0 radical (unpaired) electrons. The van der Waals surface area contributed by atoms with Crippen molar-refractivity contribution in [3.05, 3.63) is 29.6 Å². The number of halogens is 1. The van der Waals surface area contributed by atoms with E-state index in [1.165, 1.54) is 19.1 Å². The van der Waals surface area contributed by atoms with Gasteiger partial charge in [-0.3, -0.25) is 4.79 Å². The van der Waals surface area contributed by atoms with Crippen LogP contribution >= 0.6 is 0 Å². The van der Waals surface area contributed by atoms with Gasteiger partial charge in [0.25, 0.3) is 0 Å². The van der Waals surface area contributed by atoms with E-state index in [-0.39, 0.29) is 11.3 Å². The number of amides is 1. The van der Waals surface area contributed by atoms with Crippen molar-refractivity contribution in [3.8, 4) is 0 Å². The van der Waals surface area contributed by atoms with Gasteiger partial charge in [0.1, 0.15) is 5.82 Å². The third-order valence-electron chi connectivity index (χ3n) is 1.55. The Hall–Kier alpha value is -1.91. The van der Waals surface area contributed by atoms with Crippen LogP contribution in [0.5, 0.6) is 0 Å². The summed E-state index contributed by atoms with van der Waals surface area (Å²) in [5.41, 5.74) is -0.562. The standard InChI is InChI=1S/C9H8FNO3/c1-5(12)11-8-6(9(13)14)3-2-4-7(8)10/h2-4H,1H3,(H,11,12)(H,13,14). The summed E-state index contributed by atoms with van der Waals surface area (Å²) < 4.78 is 13.1. The monoisotopic (exact) mass is 197 g/mol. The Morgan fingerprint density at radius 3 is 2.57 bits per heavy atom. The van der Waals surface area contributed by atoms with Gasteiger partial charge in [-0.25, -0.2) is 9.18 Å². The molecule has 0 spiro atoms. The van der Waals surface area contributed by atoms with Crippen LogP contribution in [0.1, 0.15) is 17.3 Å². The number of rotatable bonds is 2. The first kappa shape index (κ1) is 10.2. The van der Waals surface area contributed by atoms with Gasteiger partial charge in [0.05, 0.1) is 11.3 Å². The Bertz CT molecular complexity index is 390. The molecule has 0 atom stereocenters. The van der Waals surface area contributed by atoms with E-state index in [0.717, 1.165) is 6.07 Å². The number of hydrogen-bond acceptors (Lipinski definition) is 2. The van der Waals surface area contributed by atoms with Crippen molar-refractivity contribution in [3.63, 3.8) is 0 Å². The predicted octanol–water partition coefficient (Wildman–Crippen LogP) is 1.48. The second-order valence-corrected chi connectivity index (χ2v) is 2.65. The minimum atomic E-state index is -1.28. The molecule has 0 unspecified atom stereocenters. The number of nitrogens with one attached hydrogen (secondary N) is 1. The molecule has 0 saturated heterocycles. The lowest BCUT2D eigenvalue weighted by Gasteiger charge is -2.06. The average Bonchev–Trinajstić information content (AvgIpc) is 2.07. The number of hydrogen-bond donors (Lipinski definition) is 2. The first-order valence-corrected chi connectivity index (χ1v) is 3.81. The fourth-order valence-electron chi connectivity index (χ4n) is 1.01. The van der Waals surface area contributed by atoms with Crippen molar-refractivity contribution in [2.24, 2.45) is 0 Å². The summed E-state index contributed by atoms with van der Waals surface area (Å²) in [5, 5.41) is 10.8. The minimum Gasteiger partial charge on any atom is -0.478 e. The number of benzene rings is 1. The fraction of sp³-hybridized carbons (Fsp3) is 0.111. The largest absolute Gasteiger partial charge is 0.478 e. The molecule has 4 nitrogen and oxygen atoms in total. The van der Waals surface area contributed by atoms with Crippen LogP contribution in [-0.4, -0.2) is 17.0 Å². The molecule has 0 heterocycles. The summed E-state index contributed by atoms with van der Waals surface area (Å²) in [7, 11) is 0. The maximum atomic E-state index is 13.1. The normalized spacial score (nSPS) is 9.57. The molecule has 0 saturated carbocycles. The zero-order valence-corrected chi connectivity index (χ0v) is 7.37. The molecule has 0 aliphatic heterocycles. The topological polar surface area (TPSA) is 66.4 Å². The lowest BCUT2D eigenvalue weighted by molar-refractivity contribution is -0.114. The quantitative estimate of drug-likeness (QED) is 0.754. The number of carbonyl (C=O) groups excluding carboxylic acids is 1. The number of para-hydroxylation sites is 1. The molecule has 2 N–H and O–H groups in total. The Kier molecular flexibility index (Phi) is 2.81. The van der Waals surface area contributed by atoms with Crippen LogP contribution in [0.25, 0.3) is 0 Å². The van der Waals surface area contributed by atoms with Crippen molar-refractivity contribution < 1.29 is 19.1 Å². The van der Waals surface area contributed by atoms with E-state index in [9.17, 15) is 14.0 Å². The minimum absolute atomic E-state index is 0.264. The zero-order chi connectivity index (χ0) is 10.7. The molecule has 0 bridgehead atoms. The summed E-state index contributed by atoms with van der Waals surface area (Å²) in [6, 6.07) is 3.57.